The van der Waals surface area contributed by atoms with Crippen molar-refractivity contribution in [3.05, 3.63) is 111 Å². The van der Waals surface area contributed by atoms with Gasteiger partial charge in [0.1, 0.15) is 0 Å². The van der Waals surface area contributed by atoms with E-state index in [-0.39, 0.29) is 4.90 Å². The Kier molecular flexibility index (Phi) is 7.97. The summed E-state index contributed by atoms with van der Waals surface area (Å²) in [7, 11) is -2.25. The second-order valence-corrected chi connectivity index (χ2v) is 11.6. The highest BCUT2D eigenvalue weighted by molar-refractivity contribution is 7.92. The fraction of sp³-hybridized carbons (Fsp3) is 0.143. The number of anilines is 1. The van der Waals surface area contributed by atoms with Crippen molar-refractivity contribution in [2.45, 2.75) is 25.7 Å². The molecule has 0 spiro atoms. The van der Waals surface area contributed by atoms with Crippen molar-refractivity contribution in [2.75, 3.05) is 11.4 Å². The van der Waals surface area contributed by atoms with Crippen molar-refractivity contribution in [1.82, 2.24) is 9.99 Å². The molecular formula is C28H26Cl2N4O3S. The second-order valence-electron chi connectivity index (χ2n) is 8.79. The molecular weight excluding hydrogens is 543 g/mol. The zero-order valence-electron chi connectivity index (χ0n) is 21.2. The van der Waals surface area contributed by atoms with E-state index in [2.05, 4.69) is 10.5 Å². The minimum absolute atomic E-state index is 0.195. The first-order valence-electron chi connectivity index (χ1n) is 11.6. The number of aromatic nitrogens is 1. The zero-order chi connectivity index (χ0) is 27.6. The molecule has 3 aromatic carbocycles. The Morgan fingerprint density at radius 3 is 2.21 bits per heavy atom. The minimum atomic E-state index is -3.72. The summed E-state index contributed by atoms with van der Waals surface area (Å²) in [6.07, 6.45) is 1.57. The van der Waals surface area contributed by atoms with Crippen LogP contribution in [-0.4, -0.2) is 32.2 Å². The summed E-state index contributed by atoms with van der Waals surface area (Å²) in [5.41, 5.74) is 7.84. The van der Waals surface area contributed by atoms with E-state index in [1.807, 2.05) is 37.5 Å². The molecule has 0 fully saturated rings. The summed E-state index contributed by atoms with van der Waals surface area (Å²) in [4.78, 5) is 12.8. The van der Waals surface area contributed by atoms with Crippen molar-refractivity contribution < 1.29 is 13.2 Å². The van der Waals surface area contributed by atoms with Crippen molar-refractivity contribution >= 4 is 51.0 Å². The minimum Gasteiger partial charge on any atom is -0.318 e. The predicted octanol–water partition coefficient (Wildman–Crippen LogP) is 6.30. The van der Waals surface area contributed by atoms with Crippen LogP contribution in [0.5, 0.6) is 0 Å². The molecule has 38 heavy (non-hydrogen) atoms. The number of rotatable bonds is 7. The van der Waals surface area contributed by atoms with E-state index in [1.165, 1.54) is 11.4 Å². The number of nitrogens with one attached hydrogen (secondary N) is 1. The first-order valence-corrected chi connectivity index (χ1v) is 13.8. The number of aryl methyl sites for hydroxylation is 2. The summed E-state index contributed by atoms with van der Waals surface area (Å²) in [6, 6.07) is 20.3. The van der Waals surface area contributed by atoms with Gasteiger partial charge < -0.3 is 4.57 Å². The molecule has 0 aliphatic rings. The summed E-state index contributed by atoms with van der Waals surface area (Å²) in [5.74, 6) is -0.421. The molecule has 0 radical (unpaired) electrons. The lowest BCUT2D eigenvalue weighted by Gasteiger charge is -2.19. The zero-order valence-corrected chi connectivity index (χ0v) is 23.6. The van der Waals surface area contributed by atoms with Gasteiger partial charge in [-0.15, -0.1) is 0 Å². The lowest BCUT2D eigenvalue weighted by Crippen LogP contribution is -2.26. The van der Waals surface area contributed by atoms with E-state index in [4.69, 9.17) is 23.2 Å². The number of hydrazone groups is 1. The molecule has 4 rings (SSSR count). The van der Waals surface area contributed by atoms with E-state index >= 15 is 0 Å². The molecule has 0 bridgehead atoms. The number of halogens is 2. The average Bonchev–Trinajstić information content (AvgIpc) is 3.18. The maximum atomic E-state index is 12.9. The van der Waals surface area contributed by atoms with Crippen molar-refractivity contribution in [3.63, 3.8) is 0 Å². The molecule has 1 amide bonds. The number of hydrogen-bond acceptors (Lipinski definition) is 4. The smallest absolute Gasteiger partial charge is 0.271 e. The predicted molar refractivity (Wildman–Crippen MR) is 154 cm³/mol. The van der Waals surface area contributed by atoms with E-state index in [1.54, 1.807) is 66.9 Å². The topological polar surface area (TPSA) is 83.8 Å². The number of nitrogens with zero attached hydrogens (tertiary/aromatic N) is 3. The highest BCUT2D eigenvalue weighted by Gasteiger charge is 2.21. The summed E-state index contributed by atoms with van der Waals surface area (Å²) < 4.78 is 29.1. The van der Waals surface area contributed by atoms with Gasteiger partial charge in [-0.1, -0.05) is 40.9 Å². The monoisotopic (exact) mass is 568 g/mol. The second kappa shape index (κ2) is 11.0. The number of carbonyl (C=O) groups excluding carboxylic acids is 1. The quantitative estimate of drug-likeness (QED) is 0.210. The lowest BCUT2D eigenvalue weighted by atomic mass is 10.2. The van der Waals surface area contributed by atoms with Gasteiger partial charge in [-0.3, -0.25) is 9.10 Å². The Hall–Kier alpha value is -3.59. The van der Waals surface area contributed by atoms with Crippen molar-refractivity contribution in [2.24, 2.45) is 5.10 Å². The standard InChI is InChI=1S/C28H26Cl2N4O3S/c1-18-5-12-25(13-6-18)38(36,37)33(4)23-9-7-21(8-10-23)28(35)32-31-17-22-15-19(2)34(20(22)3)24-11-14-26(29)27(30)16-24/h5-17H,1-4H3,(H,32,35)/b31-17-. The largest absolute Gasteiger partial charge is 0.318 e. The molecule has 196 valence electrons. The summed E-state index contributed by atoms with van der Waals surface area (Å²) >= 11 is 12.2. The summed E-state index contributed by atoms with van der Waals surface area (Å²) in [5, 5.41) is 5.05. The van der Waals surface area contributed by atoms with Gasteiger partial charge in [0.2, 0.25) is 0 Å². The first kappa shape index (κ1) is 27.4. The molecule has 10 heteroatoms. The maximum absolute atomic E-state index is 12.9. The molecule has 1 heterocycles. The number of benzene rings is 3. The van der Waals surface area contributed by atoms with Gasteiger partial charge >= 0.3 is 0 Å². The molecule has 0 saturated carbocycles. The highest BCUT2D eigenvalue weighted by atomic mass is 35.5. The van der Waals surface area contributed by atoms with Crippen LogP contribution in [0.15, 0.2) is 82.8 Å². The van der Waals surface area contributed by atoms with Crippen LogP contribution < -0.4 is 9.73 Å². The van der Waals surface area contributed by atoms with Crippen LogP contribution in [0.4, 0.5) is 5.69 Å². The lowest BCUT2D eigenvalue weighted by molar-refractivity contribution is 0.0955. The van der Waals surface area contributed by atoms with Crippen LogP contribution in [0.1, 0.15) is 32.9 Å². The Balaban J connectivity index is 1.45. The average molecular weight is 570 g/mol. The van der Waals surface area contributed by atoms with Crippen LogP contribution in [0.25, 0.3) is 5.69 Å². The van der Waals surface area contributed by atoms with Crippen molar-refractivity contribution in [3.8, 4) is 5.69 Å². The molecule has 0 atom stereocenters. The molecule has 0 saturated heterocycles. The SMILES string of the molecule is Cc1ccc(S(=O)(=O)N(C)c2ccc(C(=O)N/N=C\c3cc(C)n(-c4ccc(Cl)c(Cl)c4)c3C)cc2)cc1. The highest BCUT2D eigenvalue weighted by Crippen LogP contribution is 2.27. The van der Waals surface area contributed by atoms with Crippen LogP contribution in [0, 0.1) is 20.8 Å². The van der Waals surface area contributed by atoms with E-state index in [0.717, 1.165) is 28.2 Å². The molecule has 4 aromatic rings. The Labute approximate surface area is 232 Å². The third kappa shape index (κ3) is 5.62. The third-order valence-electron chi connectivity index (χ3n) is 6.17. The fourth-order valence-corrected chi connectivity index (χ4v) is 5.48. The normalized spacial score (nSPS) is 11.6. The van der Waals surface area contributed by atoms with Crippen LogP contribution >= 0.6 is 23.2 Å². The Bertz CT molecular complexity index is 1630. The van der Waals surface area contributed by atoms with Gasteiger partial charge in [0, 0.05) is 35.2 Å². The Morgan fingerprint density at radius 1 is 0.921 bits per heavy atom. The number of sulfonamides is 1. The number of carbonyl (C=O) groups is 1. The van der Waals surface area contributed by atoms with E-state index in [0.29, 0.717) is 21.3 Å². The number of amides is 1. The molecule has 0 aliphatic carbocycles. The fourth-order valence-electron chi connectivity index (χ4n) is 3.99. The molecule has 1 aromatic heterocycles. The van der Waals surface area contributed by atoms with Gasteiger partial charge in [0.05, 0.1) is 26.8 Å². The van der Waals surface area contributed by atoms with E-state index < -0.39 is 15.9 Å². The van der Waals surface area contributed by atoms with Crippen LogP contribution in [0.3, 0.4) is 0 Å². The molecule has 1 N–H and O–H groups in total. The molecule has 7 nitrogen and oxygen atoms in total. The summed E-state index contributed by atoms with van der Waals surface area (Å²) in [6.45, 7) is 5.80. The van der Waals surface area contributed by atoms with Crippen LogP contribution in [-0.2, 0) is 10.0 Å². The van der Waals surface area contributed by atoms with Crippen molar-refractivity contribution in [1.29, 1.82) is 0 Å². The van der Waals surface area contributed by atoms with Gasteiger partial charge in [-0.25, -0.2) is 13.8 Å². The third-order valence-corrected chi connectivity index (χ3v) is 8.71. The Morgan fingerprint density at radius 2 is 1.58 bits per heavy atom. The van der Waals surface area contributed by atoms with Gasteiger partial charge in [0.15, 0.2) is 0 Å². The van der Waals surface area contributed by atoms with Gasteiger partial charge in [-0.05, 0) is 81.4 Å². The number of hydrogen-bond donors (Lipinski definition) is 1. The van der Waals surface area contributed by atoms with Gasteiger partial charge in [0.25, 0.3) is 15.9 Å². The molecule has 0 unspecified atom stereocenters. The van der Waals surface area contributed by atoms with E-state index in [9.17, 15) is 13.2 Å². The maximum Gasteiger partial charge on any atom is 0.271 e. The molecule has 0 aliphatic heterocycles. The van der Waals surface area contributed by atoms with Gasteiger partial charge in [-0.2, -0.15) is 5.10 Å². The first-order chi connectivity index (χ1) is 18.0. The van der Waals surface area contributed by atoms with Crippen LogP contribution in [0.2, 0.25) is 10.0 Å².